The summed E-state index contributed by atoms with van der Waals surface area (Å²) in [4.78, 5) is 30.0. The van der Waals surface area contributed by atoms with Crippen molar-refractivity contribution in [2.24, 2.45) is 0 Å². The lowest BCUT2D eigenvalue weighted by molar-refractivity contribution is -0.384. The summed E-state index contributed by atoms with van der Waals surface area (Å²) in [5, 5.41) is 16.0. The number of hydrogen-bond donors (Lipinski definition) is 2. The third kappa shape index (κ3) is 4.54. The molecule has 2 amide bonds. The summed E-state index contributed by atoms with van der Waals surface area (Å²) in [5.41, 5.74) is -0.275. The van der Waals surface area contributed by atoms with E-state index in [9.17, 15) is 14.9 Å². The topological polar surface area (TPSA) is 113 Å². The molecule has 0 spiro atoms. The van der Waals surface area contributed by atoms with Gasteiger partial charge in [0.2, 0.25) is 11.1 Å². The molecule has 0 aromatic carbocycles. The molecule has 0 bridgehead atoms. The fourth-order valence-corrected chi connectivity index (χ4v) is 1.26. The molecule has 0 aliphatic heterocycles. The summed E-state index contributed by atoms with van der Waals surface area (Å²) in [6.07, 6.45) is 1.02. The molecule has 0 radical (unpaired) electrons. The summed E-state index contributed by atoms with van der Waals surface area (Å²) in [5.74, 6) is 0.0177. The van der Waals surface area contributed by atoms with Gasteiger partial charge in [-0.2, -0.15) is 4.98 Å². The van der Waals surface area contributed by atoms with Crippen LogP contribution >= 0.6 is 11.6 Å². The van der Waals surface area contributed by atoms with Gasteiger partial charge in [0.1, 0.15) is 6.20 Å². The van der Waals surface area contributed by atoms with Crippen LogP contribution in [0.4, 0.5) is 16.3 Å². The van der Waals surface area contributed by atoms with E-state index in [0.717, 1.165) is 6.20 Å². The van der Waals surface area contributed by atoms with E-state index in [1.807, 2.05) is 0 Å². The summed E-state index contributed by atoms with van der Waals surface area (Å²) < 4.78 is 0. The van der Waals surface area contributed by atoms with Crippen LogP contribution in [0.15, 0.2) is 6.20 Å². The standard InChI is InChI=1S/C9H13ClN6O3/c1-15(2)9(17)12-4-3-11-7-6(16(18)19)5-13-8(10)14-7/h5H,3-4H2,1-2H3,(H,12,17)(H,11,13,14). The van der Waals surface area contributed by atoms with E-state index >= 15 is 0 Å². The van der Waals surface area contributed by atoms with Gasteiger partial charge < -0.3 is 15.5 Å². The molecule has 0 saturated heterocycles. The van der Waals surface area contributed by atoms with Gasteiger partial charge >= 0.3 is 11.7 Å². The maximum atomic E-state index is 11.2. The number of anilines is 1. The van der Waals surface area contributed by atoms with E-state index in [-0.39, 0.29) is 35.9 Å². The number of aromatic nitrogens is 2. The first-order valence-corrected chi connectivity index (χ1v) is 5.65. The summed E-state index contributed by atoms with van der Waals surface area (Å²) in [6.45, 7) is 0.559. The van der Waals surface area contributed by atoms with Crippen LogP contribution in [-0.4, -0.2) is 53.0 Å². The van der Waals surface area contributed by atoms with Gasteiger partial charge in [-0.15, -0.1) is 0 Å². The van der Waals surface area contributed by atoms with Gasteiger partial charge in [0, 0.05) is 27.2 Å². The Morgan fingerprint density at radius 1 is 1.53 bits per heavy atom. The molecule has 2 N–H and O–H groups in total. The predicted molar refractivity (Wildman–Crippen MR) is 69.3 cm³/mol. The van der Waals surface area contributed by atoms with Crippen LogP contribution in [0.3, 0.4) is 0 Å². The number of halogens is 1. The number of nitrogens with zero attached hydrogens (tertiary/aromatic N) is 4. The van der Waals surface area contributed by atoms with Gasteiger partial charge in [-0.25, -0.2) is 9.78 Å². The number of carbonyl (C=O) groups is 1. The SMILES string of the molecule is CN(C)C(=O)NCCNc1nc(Cl)ncc1[N+](=O)[O-]. The fourth-order valence-electron chi connectivity index (χ4n) is 1.13. The molecule has 9 nitrogen and oxygen atoms in total. The lowest BCUT2D eigenvalue weighted by Gasteiger charge is -2.12. The maximum absolute atomic E-state index is 11.2. The van der Waals surface area contributed by atoms with Crippen molar-refractivity contribution in [3.8, 4) is 0 Å². The highest BCUT2D eigenvalue weighted by atomic mass is 35.5. The van der Waals surface area contributed by atoms with Crippen LogP contribution < -0.4 is 10.6 Å². The molecule has 19 heavy (non-hydrogen) atoms. The van der Waals surface area contributed by atoms with E-state index in [4.69, 9.17) is 11.6 Å². The third-order valence-corrected chi connectivity index (χ3v) is 2.22. The Bertz CT molecular complexity index is 481. The second kappa shape index (κ2) is 6.69. The normalized spacial score (nSPS) is 9.84. The van der Waals surface area contributed by atoms with E-state index in [1.54, 1.807) is 14.1 Å². The van der Waals surface area contributed by atoms with Crippen molar-refractivity contribution in [3.05, 3.63) is 21.6 Å². The van der Waals surface area contributed by atoms with Gasteiger partial charge in [0.25, 0.3) is 0 Å². The number of nitro groups is 1. The second-order valence-corrected chi connectivity index (χ2v) is 4.02. The number of hydrogen-bond acceptors (Lipinski definition) is 6. The summed E-state index contributed by atoms with van der Waals surface area (Å²) in [6, 6.07) is -0.253. The van der Waals surface area contributed by atoms with Crippen LogP contribution in [0.5, 0.6) is 0 Å². The lowest BCUT2D eigenvalue weighted by atomic mass is 10.4. The number of carbonyl (C=O) groups excluding carboxylic acids is 1. The van der Waals surface area contributed by atoms with Crippen molar-refractivity contribution >= 4 is 29.1 Å². The van der Waals surface area contributed by atoms with Crippen molar-refractivity contribution in [2.75, 3.05) is 32.5 Å². The molecular formula is C9H13ClN6O3. The first-order chi connectivity index (χ1) is 8.91. The monoisotopic (exact) mass is 288 g/mol. The zero-order valence-electron chi connectivity index (χ0n) is 10.4. The minimum Gasteiger partial charge on any atom is -0.362 e. The smallest absolute Gasteiger partial charge is 0.329 e. The van der Waals surface area contributed by atoms with Gasteiger partial charge in [-0.3, -0.25) is 10.1 Å². The van der Waals surface area contributed by atoms with E-state index in [1.165, 1.54) is 4.90 Å². The van der Waals surface area contributed by atoms with E-state index in [2.05, 4.69) is 20.6 Å². The van der Waals surface area contributed by atoms with Crippen molar-refractivity contribution in [1.29, 1.82) is 0 Å². The molecule has 0 fully saturated rings. The molecule has 0 unspecified atom stereocenters. The molecular weight excluding hydrogens is 276 g/mol. The number of amides is 2. The van der Waals surface area contributed by atoms with Crippen LogP contribution in [0, 0.1) is 10.1 Å². The minimum absolute atomic E-state index is 0.0177. The van der Waals surface area contributed by atoms with Crippen molar-refractivity contribution < 1.29 is 9.72 Å². The number of urea groups is 1. The van der Waals surface area contributed by atoms with E-state index < -0.39 is 4.92 Å². The minimum atomic E-state index is -0.614. The molecule has 104 valence electrons. The summed E-state index contributed by atoms with van der Waals surface area (Å²) in [7, 11) is 3.22. The number of nitrogens with one attached hydrogen (secondary N) is 2. The first-order valence-electron chi connectivity index (χ1n) is 5.27. The third-order valence-electron chi connectivity index (χ3n) is 2.04. The second-order valence-electron chi connectivity index (χ2n) is 3.68. The van der Waals surface area contributed by atoms with Crippen LogP contribution in [0.25, 0.3) is 0 Å². The van der Waals surface area contributed by atoms with Gasteiger partial charge in [0.05, 0.1) is 4.92 Å². The highest BCUT2D eigenvalue weighted by Crippen LogP contribution is 2.21. The Labute approximate surface area is 114 Å². The lowest BCUT2D eigenvalue weighted by Crippen LogP contribution is -2.37. The van der Waals surface area contributed by atoms with Crippen LogP contribution in [0.2, 0.25) is 5.28 Å². The molecule has 1 rings (SSSR count). The van der Waals surface area contributed by atoms with Gasteiger partial charge in [0.15, 0.2) is 0 Å². The Balaban J connectivity index is 2.55. The Kier molecular flexibility index (Phi) is 5.24. The highest BCUT2D eigenvalue weighted by Gasteiger charge is 2.16. The summed E-state index contributed by atoms with van der Waals surface area (Å²) >= 11 is 5.57. The molecule has 1 aromatic rings. The largest absolute Gasteiger partial charge is 0.362 e. The molecule has 10 heteroatoms. The zero-order valence-corrected chi connectivity index (χ0v) is 11.1. The maximum Gasteiger partial charge on any atom is 0.329 e. The molecule has 0 aliphatic carbocycles. The van der Waals surface area contributed by atoms with Crippen molar-refractivity contribution in [1.82, 2.24) is 20.2 Å². The Morgan fingerprint density at radius 2 is 2.21 bits per heavy atom. The van der Waals surface area contributed by atoms with Crippen molar-refractivity contribution in [2.45, 2.75) is 0 Å². The molecule has 1 aromatic heterocycles. The van der Waals surface area contributed by atoms with Gasteiger partial charge in [-0.1, -0.05) is 0 Å². The predicted octanol–water partition coefficient (Wildman–Crippen LogP) is 0.721. The average molecular weight is 289 g/mol. The Morgan fingerprint density at radius 3 is 2.79 bits per heavy atom. The molecule has 0 atom stereocenters. The first kappa shape index (κ1) is 14.9. The molecule has 0 aliphatic rings. The molecule has 1 heterocycles. The van der Waals surface area contributed by atoms with E-state index in [0.29, 0.717) is 0 Å². The quantitative estimate of drug-likeness (QED) is 0.357. The highest BCUT2D eigenvalue weighted by molar-refractivity contribution is 6.28. The zero-order chi connectivity index (χ0) is 14.4. The van der Waals surface area contributed by atoms with Crippen LogP contribution in [-0.2, 0) is 0 Å². The van der Waals surface area contributed by atoms with Gasteiger partial charge in [-0.05, 0) is 11.6 Å². The molecule has 0 saturated carbocycles. The number of rotatable bonds is 5. The van der Waals surface area contributed by atoms with Crippen LogP contribution in [0.1, 0.15) is 0 Å². The van der Waals surface area contributed by atoms with Crippen molar-refractivity contribution in [3.63, 3.8) is 0 Å². The average Bonchev–Trinajstić information content (AvgIpc) is 2.33. The fraction of sp³-hybridized carbons (Fsp3) is 0.444. The Hall–Kier alpha value is -2.16.